The van der Waals surface area contributed by atoms with Gasteiger partial charge in [-0.15, -0.1) is 0 Å². The third-order valence-electron chi connectivity index (χ3n) is 2.67. The van der Waals surface area contributed by atoms with Gasteiger partial charge in [-0.3, -0.25) is 5.32 Å². The van der Waals surface area contributed by atoms with Crippen LogP contribution in [0.5, 0.6) is 5.75 Å². The summed E-state index contributed by atoms with van der Waals surface area (Å²) in [5.74, 6) is 0.803. The molecule has 0 radical (unpaired) electrons. The van der Waals surface area contributed by atoms with Crippen molar-refractivity contribution in [3.63, 3.8) is 0 Å². The molecule has 0 aromatic heterocycles. The maximum absolute atomic E-state index is 9.72. The van der Waals surface area contributed by atoms with E-state index in [-0.39, 0.29) is 12.6 Å². The van der Waals surface area contributed by atoms with E-state index in [0.29, 0.717) is 0 Å². The summed E-state index contributed by atoms with van der Waals surface area (Å²) < 4.78 is 5.67. The first-order valence-corrected chi connectivity index (χ1v) is 6.21. The van der Waals surface area contributed by atoms with Crippen LogP contribution in [-0.2, 0) is 0 Å². The lowest BCUT2D eigenvalue weighted by molar-refractivity contribution is 0.0725. The summed E-state index contributed by atoms with van der Waals surface area (Å²) >= 11 is 0. The third kappa shape index (κ3) is 3.22. The standard InChI is InChI=1S/C15H19NO2/c1-11(2)16-15(17)10-18-14-9-5-7-12-6-3-4-8-13(12)14/h3-9,11,15-17H,10H2,1-2H3/t15-/m1/s1. The van der Waals surface area contributed by atoms with Gasteiger partial charge in [0.05, 0.1) is 0 Å². The van der Waals surface area contributed by atoms with Crippen LogP contribution in [-0.4, -0.2) is 24.0 Å². The maximum atomic E-state index is 9.72. The van der Waals surface area contributed by atoms with E-state index in [2.05, 4.69) is 5.32 Å². The molecule has 0 saturated carbocycles. The third-order valence-corrected chi connectivity index (χ3v) is 2.67. The second-order valence-corrected chi connectivity index (χ2v) is 4.63. The maximum Gasteiger partial charge on any atom is 0.139 e. The average molecular weight is 245 g/mol. The van der Waals surface area contributed by atoms with Gasteiger partial charge in [0.2, 0.25) is 0 Å². The first-order chi connectivity index (χ1) is 8.66. The number of nitrogens with one attached hydrogen (secondary N) is 1. The van der Waals surface area contributed by atoms with E-state index in [1.165, 1.54) is 0 Å². The Labute approximate surface area is 107 Å². The van der Waals surface area contributed by atoms with Crippen LogP contribution in [0.3, 0.4) is 0 Å². The molecule has 0 aliphatic rings. The zero-order valence-electron chi connectivity index (χ0n) is 10.8. The topological polar surface area (TPSA) is 41.5 Å². The minimum absolute atomic E-state index is 0.233. The number of aliphatic hydroxyl groups is 1. The molecule has 0 fully saturated rings. The lowest BCUT2D eigenvalue weighted by Gasteiger charge is -2.17. The molecule has 0 spiro atoms. The van der Waals surface area contributed by atoms with Gasteiger partial charge in [0.1, 0.15) is 18.6 Å². The SMILES string of the molecule is CC(C)N[C@H](O)COc1cccc2ccccc12. The van der Waals surface area contributed by atoms with E-state index in [0.717, 1.165) is 16.5 Å². The minimum atomic E-state index is -0.649. The summed E-state index contributed by atoms with van der Waals surface area (Å²) in [6.07, 6.45) is -0.649. The average Bonchev–Trinajstić information content (AvgIpc) is 2.35. The van der Waals surface area contributed by atoms with Crippen LogP contribution in [0.25, 0.3) is 10.8 Å². The van der Waals surface area contributed by atoms with Crippen LogP contribution in [0.2, 0.25) is 0 Å². The Morgan fingerprint density at radius 2 is 1.83 bits per heavy atom. The van der Waals surface area contributed by atoms with Crippen LogP contribution in [0.4, 0.5) is 0 Å². The molecule has 3 nitrogen and oxygen atoms in total. The van der Waals surface area contributed by atoms with Gasteiger partial charge in [-0.1, -0.05) is 36.4 Å². The normalized spacial score (nSPS) is 12.9. The van der Waals surface area contributed by atoms with E-state index >= 15 is 0 Å². The number of ether oxygens (including phenoxy) is 1. The van der Waals surface area contributed by atoms with Crippen molar-refractivity contribution in [1.82, 2.24) is 5.32 Å². The highest BCUT2D eigenvalue weighted by Crippen LogP contribution is 2.25. The lowest BCUT2D eigenvalue weighted by Crippen LogP contribution is -2.38. The highest BCUT2D eigenvalue weighted by Gasteiger charge is 2.07. The Hall–Kier alpha value is -1.58. The van der Waals surface area contributed by atoms with Gasteiger partial charge in [0.25, 0.3) is 0 Å². The van der Waals surface area contributed by atoms with Crippen LogP contribution in [0, 0.1) is 0 Å². The van der Waals surface area contributed by atoms with Crippen molar-refractivity contribution in [2.75, 3.05) is 6.61 Å². The van der Waals surface area contributed by atoms with Crippen molar-refractivity contribution >= 4 is 10.8 Å². The molecule has 96 valence electrons. The zero-order valence-corrected chi connectivity index (χ0v) is 10.8. The number of aliphatic hydroxyl groups excluding tert-OH is 1. The Morgan fingerprint density at radius 1 is 1.11 bits per heavy atom. The fourth-order valence-electron chi connectivity index (χ4n) is 1.92. The quantitative estimate of drug-likeness (QED) is 0.795. The lowest BCUT2D eigenvalue weighted by atomic mass is 10.1. The van der Waals surface area contributed by atoms with Crippen LogP contribution in [0.15, 0.2) is 42.5 Å². The van der Waals surface area contributed by atoms with Gasteiger partial charge < -0.3 is 9.84 Å². The Bertz CT molecular complexity index is 505. The monoisotopic (exact) mass is 245 g/mol. The molecule has 2 aromatic rings. The van der Waals surface area contributed by atoms with E-state index < -0.39 is 6.23 Å². The molecule has 0 amide bonds. The molecular formula is C15H19NO2. The van der Waals surface area contributed by atoms with E-state index in [9.17, 15) is 5.11 Å². The van der Waals surface area contributed by atoms with E-state index in [1.54, 1.807) is 0 Å². The van der Waals surface area contributed by atoms with Crippen LogP contribution < -0.4 is 10.1 Å². The van der Waals surface area contributed by atoms with Crippen molar-refractivity contribution < 1.29 is 9.84 Å². The molecular weight excluding hydrogens is 226 g/mol. The number of rotatable bonds is 5. The fourth-order valence-corrected chi connectivity index (χ4v) is 1.92. The predicted octanol–water partition coefficient (Wildman–Crippen LogP) is 2.54. The summed E-state index contributed by atoms with van der Waals surface area (Å²) in [5.41, 5.74) is 0. The fraction of sp³-hybridized carbons (Fsp3) is 0.333. The summed E-state index contributed by atoms with van der Waals surface area (Å²) in [7, 11) is 0. The summed E-state index contributed by atoms with van der Waals surface area (Å²) in [6.45, 7) is 4.22. The van der Waals surface area contributed by atoms with Crippen molar-refractivity contribution in [3.05, 3.63) is 42.5 Å². The molecule has 0 saturated heterocycles. The highest BCUT2D eigenvalue weighted by atomic mass is 16.5. The van der Waals surface area contributed by atoms with Gasteiger partial charge in [0.15, 0.2) is 0 Å². The first-order valence-electron chi connectivity index (χ1n) is 6.21. The van der Waals surface area contributed by atoms with E-state index in [4.69, 9.17) is 4.74 Å². The highest BCUT2D eigenvalue weighted by molar-refractivity contribution is 5.88. The van der Waals surface area contributed by atoms with Crippen LogP contribution in [0.1, 0.15) is 13.8 Å². The van der Waals surface area contributed by atoms with Crippen molar-refractivity contribution in [1.29, 1.82) is 0 Å². The number of hydrogen-bond donors (Lipinski definition) is 2. The second-order valence-electron chi connectivity index (χ2n) is 4.63. The summed E-state index contributed by atoms with van der Waals surface area (Å²) in [5, 5.41) is 14.9. The number of hydrogen-bond acceptors (Lipinski definition) is 3. The Balaban J connectivity index is 2.08. The Morgan fingerprint density at radius 3 is 2.61 bits per heavy atom. The zero-order chi connectivity index (χ0) is 13.0. The first kappa shape index (κ1) is 12.9. The largest absolute Gasteiger partial charge is 0.489 e. The van der Waals surface area contributed by atoms with Crippen LogP contribution >= 0.6 is 0 Å². The van der Waals surface area contributed by atoms with Gasteiger partial charge >= 0.3 is 0 Å². The van der Waals surface area contributed by atoms with Gasteiger partial charge in [-0.05, 0) is 25.3 Å². The molecule has 2 aromatic carbocycles. The van der Waals surface area contributed by atoms with Gasteiger partial charge in [-0.2, -0.15) is 0 Å². The molecule has 0 bridgehead atoms. The summed E-state index contributed by atoms with van der Waals surface area (Å²) in [4.78, 5) is 0. The van der Waals surface area contributed by atoms with Crippen molar-refractivity contribution in [2.45, 2.75) is 26.1 Å². The molecule has 0 aliphatic heterocycles. The molecule has 18 heavy (non-hydrogen) atoms. The molecule has 1 atom stereocenters. The molecule has 3 heteroatoms. The molecule has 0 heterocycles. The van der Waals surface area contributed by atoms with Crippen molar-refractivity contribution in [2.24, 2.45) is 0 Å². The van der Waals surface area contributed by atoms with Crippen molar-refractivity contribution in [3.8, 4) is 5.75 Å². The summed E-state index contributed by atoms with van der Waals surface area (Å²) in [6, 6.07) is 14.2. The molecule has 0 unspecified atom stereocenters. The van der Waals surface area contributed by atoms with E-state index in [1.807, 2.05) is 56.3 Å². The predicted molar refractivity (Wildman–Crippen MR) is 73.7 cm³/mol. The molecule has 2 rings (SSSR count). The molecule has 0 aliphatic carbocycles. The number of fused-ring (bicyclic) bond motifs is 1. The number of benzene rings is 2. The smallest absolute Gasteiger partial charge is 0.139 e. The Kier molecular flexibility index (Phi) is 4.18. The van der Waals surface area contributed by atoms with Gasteiger partial charge in [0, 0.05) is 11.4 Å². The minimum Gasteiger partial charge on any atom is -0.489 e. The second kappa shape index (κ2) is 5.85. The van der Waals surface area contributed by atoms with Gasteiger partial charge in [-0.25, -0.2) is 0 Å². The molecule has 2 N–H and O–H groups in total.